The molecule has 0 bridgehead atoms. The maximum absolute atomic E-state index is 12.2. The van der Waals surface area contributed by atoms with E-state index >= 15 is 0 Å². The fourth-order valence-corrected chi connectivity index (χ4v) is 2.01. The van der Waals surface area contributed by atoms with E-state index in [1.165, 1.54) is 29.5 Å². The second kappa shape index (κ2) is 5.31. The van der Waals surface area contributed by atoms with E-state index in [9.17, 15) is 18.0 Å². The van der Waals surface area contributed by atoms with Crippen molar-refractivity contribution in [3.63, 3.8) is 0 Å². The van der Waals surface area contributed by atoms with Crippen LogP contribution in [-0.2, 0) is 0 Å². The average Bonchev–Trinajstić information content (AvgIpc) is 2.83. The van der Waals surface area contributed by atoms with Gasteiger partial charge in [0.2, 0.25) is 0 Å². The molecule has 3 nitrogen and oxygen atoms in total. The Kier molecular flexibility index (Phi) is 3.75. The van der Waals surface area contributed by atoms with E-state index < -0.39 is 18.0 Å². The van der Waals surface area contributed by atoms with Gasteiger partial charge in [-0.1, -0.05) is 12.1 Å². The SMILES string of the molecule is O=C(Nc1ccccc1OC(F)(F)F)c1ccsc1. The Labute approximate surface area is 110 Å². The molecule has 0 aliphatic rings. The highest BCUT2D eigenvalue weighted by Gasteiger charge is 2.32. The summed E-state index contributed by atoms with van der Waals surface area (Å²) in [5.41, 5.74) is 0.350. The summed E-state index contributed by atoms with van der Waals surface area (Å²) in [7, 11) is 0. The van der Waals surface area contributed by atoms with Crippen molar-refractivity contribution in [2.45, 2.75) is 6.36 Å². The predicted octanol–water partition coefficient (Wildman–Crippen LogP) is 3.90. The quantitative estimate of drug-likeness (QED) is 0.929. The normalized spacial score (nSPS) is 11.1. The fourth-order valence-electron chi connectivity index (χ4n) is 1.37. The number of ether oxygens (including phenoxy) is 1. The van der Waals surface area contributed by atoms with E-state index in [0.29, 0.717) is 5.56 Å². The monoisotopic (exact) mass is 287 g/mol. The minimum absolute atomic E-state index is 0.0315. The molecule has 0 atom stereocenters. The van der Waals surface area contributed by atoms with Crippen molar-refractivity contribution < 1.29 is 22.7 Å². The number of carbonyl (C=O) groups is 1. The minimum atomic E-state index is -4.80. The topological polar surface area (TPSA) is 38.3 Å². The Hall–Kier alpha value is -2.02. The smallest absolute Gasteiger partial charge is 0.404 e. The largest absolute Gasteiger partial charge is 0.573 e. The molecule has 1 aromatic heterocycles. The molecule has 2 aromatic rings. The molecule has 100 valence electrons. The van der Waals surface area contributed by atoms with E-state index in [0.717, 1.165) is 6.07 Å². The summed E-state index contributed by atoms with van der Waals surface area (Å²) in [5.74, 6) is -0.932. The lowest BCUT2D eigenvalue weighted by molar-refractivity contribution is -0.274. The number of rotatable bonds is 3. The summed E-state index contributed by atoms with van der Waals surface area (Å²) in [4.78, 5) is 11.8. The summed E-state index contributed by atoms with van der Waals surface area (Å²) < 4.78 is 40.4. The van der Waals surface area contributed by atoms with Gasteiger partial charge in [0.1, 0.15) is 0 Å². The summed E-state index contributed by atoms with van der Waals surface area (Å²) in [6, 6.07) is 6.95. The number of nitrogens with one attached hydrogen (secondary N) is 1. The van der Waals surface area contributed by atoms with E-state index in [4.69, 9.17) is 0 Å². The molecular formula is C12H8F3NO2S. The number of benzene rings is 1. The number of alkyl halides is 3. The third-order valence-electron chi connectivity index (χ3n) is 2.14. The standard InChI is InChI=1S/C12H8F3NO2S/c13-12(14,15)18-10-4-2-1-3-9(10)16-11(17)8-5-6-19-7-8/h1-7H,(H,16,17). The lowest BCUT2D eigenvalue weighted by atomic mass is 10.2. The van der Waals surface area contributed by atoms with Crippen molar-refractivity contribution in [1.82, 2.24) is 0 Å². The van der Waals surface area contributed by atoms with Gasteiger partial charge >= 0.3 is 6.36 Å². The lowest BCUT2D eigenvalue weighted by Crippen LogP contribution is -2.19. The third-order valence-corrected chi connectivity index (χ3v) is 2.83. The Morgan fingerprint density at radius 2 is 1.95 bits per heavy atom. The number of hydrogen-bond acceptors (Lipinski definition) is 3. The van der Waals surface area contributed by atoms with Crippen molar-refractivity contribution in [3.8, 4) is 5.75 Å². The van der Waals surface area contributed by atoms with Crippen LogP contribution in [-0.4, -0.2) is 12.3 Å². The molecule has 0 saturated carbocycles. The summed E-state index contributed by atoms with van der Waals surface area (Å²) in [6.45, 7) is 0. The molecule has 0 radical (unpaired) electrons. The number of amides is 1. The number of carbonyl (C=O) groups excluding carboxylic acids is 1. The van der Waals surface area contributed by atoms with Crippen LogP contribution in [0.4, 0.5) is 18.9 Å². The van der Waals surface area contributed by atoms with Crippen molar-refractivity contribution in [2.24, 2.45) is 0 Å². The number of hydrogen-bond donors (Lipinski definition) is 1. The van der Waals surface area contributed by atoms with Crippen molar-refractivity contribution in [3.05, 3.63) is 46.7 Å². The van der Waals surface area contributed by atoms with Gasteiger partial charge in [0, 0.05) is 5.38 Å². The fraction of sp³-hybridized carbons (Fsp3) is 0.0833. The minimum Gasteiger partial charge on any atom is -0.404 e. The zero-order chi connectivity index (χ0) is 13.9. The van der Waals surface area contributed by atoms with Gasteiger partial charge in [-0.3, -0.25) is 4.79 Å². The van der Waals surface area contributed by atoms with Crippen LogP contribution in [0.3, 0.4) is 0 Å². The van der Waals surface area contributed by atoms with Gasteiger partial charge in [-0.05, 0) is 23.6 Å². The molecule has 0 unspecified atom stereocenters. The number of anilines is 1. The summed E-state index contributed by atoms with van der Waals surface area (Å²) in [6.07, 6.45) is -4.80. The van der Waals surface area contributed by atoms with Crippen LogP contribution in [0.15, 0.2) is 41.1 Å². The Morgan fingerprint density at radius 1 is 1.21 bits per heavy atom. The highest BCUT2D eigenvalue weighted by molar-refractivity contribution is 7.08. The second-order valence-corrected chi connectivity index (χ2v) is 4.29. The van der Waals surface area contributed by atoms with Crippen LogP contribution in [0.1, 0.15) is 10.4 Å². The molecule has 1 heterocycles. The first-order valence-electron chi connectivity index (χ1n) is 5.14. The van der Waals surface area contributed by atoms with Gasteiger partial charge < -0.3 is 10.1 Å². The van der Waals surface area contributed by atoms with Crippen molar-refractivity contribution >= 4 is 22.9 Å². The van der Waals surface area contributed by atoms with Crippen LogP contribution in [0, 0.1) is 0 Å². The first-order chi connectivity index (χ1) is 8.96. The molecule has 0 aliphatic heterocycles. The maximum Gasteiger partial charge on any atom is 0.573 e. The molecular weight excluding hydrogens is 279 g/mol. The molecule has 0 fully saturated rings. The van der Waals surface area contributed by atoms with Crippen LogP contribution in [0.25, 0.3) is 0 Å². The number of halogens is 3. The first kappa shape index (κ1) is 13.4. The second-order valence-electron chi connectivity index (χ2n) is 3.51. The van der Waals surface area contributed by atoms with E-state index in [1.807, 2.05) is 0 Å². The molecule has 7 heteroatoms. The summed E-state index contributed by atoms with van der Waals surface area (Å²) >= 11 is 1.32. The summed E-state index contributed by atoms with van der Waals surface area (Å²) in [5, 5.41) is 5.68. The van der Waals surface area contributed by atoms with Gasteiger partial charge in [0.05, 0.1) is 11.3 Å². The van der Waals surface area contributed by atoms with E-state index in [2.05, 4.69) is 10.1 Å². The van der Waals surface area contributed by atoms with Gasteiger partial charge in [0.25, 0.3) is 5.91 Å². The molecule has 1 N–H and O–H groups in total. The first-order valence-corrected chi connectivity index (χ1v) is 6.08. The van der Waals surface area contributed by atoms with Crippen LogP contribution < -0.4 is 10.1 Å². The molecule has 0 saturated heterocycles. The van der Waals surface area contributed by atoms with Gasteiger partial charge in [-0.2, -0.15) is 11.3 Å². The molecule has 1 aromatic carbocycles. The molecule has 1 amide bonds. The zero-order valence-electron chi connectivity index (χ0n) is 9.40. The number of thiophene rings is 1. The average molecular weight is 287 g/mol. The molecule has 19 heavy (non-hydrogen) atoms. The van der Waals surface area contributed by atoms with Gasteiger partial charge in [0.15, 0.2) is 5.75 Å². The molecule has 0 aliphatic carbocycles. The lowest BCUT2D eigenvalue weighted by Gasteiger charge is -2.13. The van der Waals surface area contributed by atoms with Crippen LogP contribution >= 0.6 is 11.3 Å². The van der Waals surface area contributed by atoms with Crippen LogP contribution in [0.5, 0.6) is 5.75 Å². The Bertz CT molecular complexity index is 567. The molecule has 0 spiro atoms. The van der Waals surface area contributed by atoms with Crippen molar-refractivity contribution in [1.29, 1.82) is 0 Å². The van der Waals surface area contributed by atoms with E-state index in [-0.39, 0.29) is 5.69 Å². The third kappa shape index (κ3) is 3.72. The van der Waals surface area contributed by atoms with Crippen LogP contribution in [0.2, 0.25) is 0 Å². The Morgan fingerprint density at radius 3 is 2.58 bits per heavy atom. The molecule has 2 rings (SSSR count). The predicted molar refractivity (Wildman–Crippen MR) is 65.4 cm³/mol. The van der Waals surface area contributed by atoms with E-state index in [1.54, 1.807) is 16.8 Å². The zero-order valence-corrected chi connectivity index (χ0v) is 10.2. The highest BCUT2D eigenvalue weighted by atomic mass is 32.1. The highest BCUT2D eigenvalue weighted by Crippen LogP contribution is 2.30. The van der Waals surface area contributed by atoms with Crippen molar-refractivity contribution in [2.75, 3.05) is 5.32 Å². The maximum atomic E-state index is 12.2. The number of para-hydroxylation sites is 2. The van der Waals surface area contributed by atoms with Gasteiger partial charge in [-0.15, -0.1) is 13.2 Å². The Balaban J connectivity index is 2.18. The van der Waals surface area contributed by atoms with Gasteiger partial charge in [-0.25, -0.2) is 0 Å².